The van der Waals surface area contributed by atoms with Crippen molar-refractivity contribution in [1.82, 2.24) is 15.5 Å². The summed E-state index contributed by atoms with van der Waals surface area (Å²) >= 11 is 5.34. The van der Waals surface area contributed by atoms with E-state index in [1.54, 1.807) is 7.05 Å². The second-order valence-corrected chi connectivity index (χ2v) is 9.33. The van der Waals surface area contributed by atoms with Crippen molar-refractivity contribution in [2.75, 3.05) is 32.0 Å². The number of thiocarbonyl (C=S) groups is 1. The summed E-state index contributed by atoms with van der Waals surface area (Å²) in [5, 5.41) is 9.13. The molecular weight excluding hydrogens is 432 g/mol. The first-order valence-electron chi connectivity index (χ1n) is 12.0. The number of benzene rings is 1. The van der Waals surface area contributed by atoms with Crippen LogP contribution >= 0.6 is 12.2 Å². The molecule has 0 bridgehead atoms. The highest BCUT2D eigenvalue weighted by atomic mass is 32.1. The van der Waals surface area contributed by atoms with E-state index in [-0.39, 0.29) is 6.03 Å². The molecule has 0 aliphatic carbocycles. The summed E-state index contributed by atoms with van der Waals surface area (Å²) < 4.78 is 0. The molecule has 0 radical (unpaired) electrons. The van der Waals surface area contributed by atoms with Crippen LogP contribution in [0.25, 0.3) is 0 Å². The lowest BCUT2D eigenvalue weighted by Gasteiger charge is -2.32. The molecule has 33 heavy (non-hydrogen) atoms. The van der Waals surface area contributed by atoms with Crippen LogP contribution in [0.5, 0.6) is 0 Å². The monoisotopic (exact) mass is 472 g/mol. The first-order valence-corrected chi connectivity index (χ1v) is 12.5. The van der Waals surface area contributed by atoms with Crippen molar-refractivity contribution in [1.29, 1.82) is 0 Å². The fourth-order valence-corrected chi connectivity index (χ4v) is 4.14. The van der Waals surface area contributed by atoms with E-state index < -0.39 is 0 Å². The minimum atomic E-state index is -0.270. The standard InChI is InChI=1S/C25H40N6OS/c1-6-7-13-27-23(26-5)31-15-11-20(12-16-31)10-14-28-24(32)30-25(33)29-22-9-8-19(4)17-21(22)18(2)3/h8-9,13,17-18,20H,6-7,10-12,14-16H2,1-5H3,(H3,28,29,30,32,33)/b26-23+,27-13-. The van der Waals surface area contributed by atoms with Gasteiger partial charge in [0, 0.05) is 38.6 Å². The number of aliphatic imine (C=N–C) groups is 2. The van der Waals surface area contributed by atoms with Crippen LogP contribution in [0.1, 0.15) is 69.9 Å². The lowest BCUT2D eigenvalue weighted by atomic mass is 9.94. The van der Waals surface area contributed by atoms with Crippen molar-refractivity contribution in [3.63, 3.8) is 0 Å². The van der Waals surface area contributed by atoms with Crippen molar-refractivity contribution in [3.05, 3.63) is 29.3 Å². The predicted molar refractivity (Wildman–Crippen MR) is 144 cm³/mol. The molecule has 2 amide bonds. The second-order valence-electron chi connectivity index (χ2n) is 8.92. The number of rotatable bonds is 7. The molecule has 0 saturated carbocycles. The summed E-state index contributed by atoms with van der Waals surface area (Å²) in [6.45, 7) is 11.0. The van der Waals surface area contributed by atoms with E-state index in [1.807, 2.05) is 18.3 Å². The van der Waals surface area contributed by atoms with Crippen molar-refractivity contribution >= 4 is 41.2 Å². The third-order valence-corrected chi connectivity index (χ3v) is 6.07. The number of urea groups is 1. The first kappa shape index (κ1) is 26.8. The number of hydrogen-bond acceptors (Lipinski definition) is 3. The van der Waals surface area contributed by atoms with Crippen molar-refractivity contribution < 1.29 is 4.79 Å². The Bertz CT molecular complexity index is 843. The number of carbonyl (C=O) groups is 1. The molecule has 1 aliphatic rings. The van der Waals surface area contributed by atoms with Gasteiger partial charge in [-0.3, -0.25) is 10.3 Å². The molecule has 7 nitrogen and oxygen atoms in total. The van der Waals surface area contributed by atoms with Crippen LogP contribution in [0.4, 0.5) is 10.5 Å². The number of anilines is 1. The Morgan fingerprint density at radius 3 is 2.67 bits per heavy atom. The van der Waals surface area contributed by atoms with Crippen molar-refractivity contribution in [3.8, 4) is 0 Å². The number of aryl methyl sites for hydroxylation is 1. The number of likely N-dealkylation sites (tertiary alicyclic amines) is 1. The van der Waals surface area contributed by atoms with Crippen molar-refractivity contribution in [2.24, 2.45) is 15.9 Å². The van der Waals surface area contributed by atoms with Gasteiger partial charge in [0.1, 0.15) is 0 Å². The fraction of sp³-hybridized carbons (Fsp3) is 0.600. The minimum absolute atomic E-state index is 0.270. The second kappa shape index (κ2) is 13.9. The zero-order valence-electron chi connectivity index (χ0n) is 20.8. The zero-order chi connectivity index (χ0) is 24.2. The average molecular weight is 473 g/mol. The number of nitrogens with zero attached hydrogens (tertiary/aromatic N) is 3. The summed E-state index contributed by atoms with van der Waals surface area (Å²) in [5.41, 5.74) is 3.31. The zero-order valence-corrected chi connectivity index (χ0v) is 21.6. The van der Waals surface area contributed by atoms with E-state index in [0.717, 1.165) is 56.8 Å². The number of hydrogen-bond donors (Lipinski definition) is 3. The van der Waals surface area contributed by atoms with Crippen LogP contribution in [-0.2, 0) is 0 Å². The molecule has 1 aromatic carbocycles. The third-order valence-electron chi connectivity index (χ3n) is 5.86. The van der Waals surface area contributed by atoms with E-state index in [4.69, 9.17) is 12.2 Å². The smallest absolute Gasteiger partial charge is 0.321 e. The van der Waals surface area contributed by atoms with E-state index in [1.165, 1.54) is 11.1 Å². The predicted octanol–water partition coefficient (Wildman–Crippen LogP) is 5.07. The van der Waals surface area contributed by atoms with E-state index in [0.29, 0.717) is 23.5 Å². The number of guanidine groups is 1. The van der Waals surface area contributed by atoms with Crippen LogP contribution in [0, 0.1) is 12.8 Å². The molecule has 3 N–H and O–H groups in total. The maximum Gasteiger partial charge on any atom is 0.321 e. The van der Waals surface area contributed by atoms with Crippen molar-refractivity contribution in [2.45, 2.75) is 65.7 Å². The molecule has 0 unspecified atom stereocenters. The Labute approximate surface area is 204 Å². The molecular formula is C25H40N6OS. The molecule has 1 heterocycles. The summed E-state index contributed by atoms with van der Waals surface area (Å²) in [5.74, 6) is 1.78. The van der Waals surface area contributed by atoms with E-state index in [9.17, 15) is 4.79 Å². The molecule has 182 valence electrons. The number of amides is 2. The average Bonchev–Trinajstić information content (AvgIpc) is 2.78. The van der Waals surface area contributed by atoms with Gasteiger partial charge in [-0.1, -0.05) is 44.9 Å². The van der Waals surface area contributed by atoms with Gasteiger partial charge in [0.15, 0.2) is 5.11 Å². The van der Waals surface area contributed by atoms with Crippen LogP contribution < -0.4 is 16.0 Å². The minimum Gasteiger partial charge on any atom is -0.341 e. The van der Waals surface area contributed by atoms with Crippen LogP contribution in [0.15, 0.2) is 28.2 Å². The number of nitrogens with one attached hydrogen (secondary N) is 3. The molecule has 0 atom stereocenters. The summed E-state index contributed by atoms with van der Waals surface area (Å²) in [4.78, 5) is 23.4. The van der Waals surface area contributed by atoms with Gasteiger partial charge >= 0.3 is 6.03 Å². The topological polar surface area (TPSA) is 81.1 Å². The molecule has 1 aliphatic heterocycles. The number of piperidine rings is 1. The largest absolute Gasteiger partial charge is 0.341 e. The Morgan fingerprint density at radius 2 is 2.03 bits per heavy atom. The van der Waals surface area contributed by atoms with Crippen LogP contribution in [0.2, 0.25) is 0 Å². The Balaban J connectivity index is 1.70. The van der Waals surface area contributed by atoms with Gasteiger partial charge in [-0.2, -0.15) is 0 Å². The lowest BCUT2D eigenvalue weighted by molar-refractivity contribution is 0.237. The van der Waals surface area contributed by atoms with Gasteiger partial charge in [-0.15, -0.1) is 0 Å². The maximum absolute atomic E-state index is 12.3. The SMILES string of the molecule is CCC/C=N\C(=N/C)N1CCC(CCNC(=O)NC(=S)Nc2ccc(C)cc2C(C)C)CC1. The highest BCUT2D eigenvalue weighted by Gasteiger charge is 2.21. The highest BCUT2D eigenvalue weighted by Crippen LogP contribution is 2.25. The fourth-order valence-electron chi connectivity index (χ4n) is 3.94. The summed E-state index contributed by atoms with van der Waals surface area (Å²) in [7, 11) is 1.80. The summed E-state index contributed by atoms with van der Waals surface area (Å²) in [6.07, 6.45) is 7.14. The van der Waals surface area contributed by atoms with Gasteiger partial charge in [0.25, 0.3) is 0 Å². The highest BCUT2D eigenvalue weighted by molar-refractivity contribution is 7.80. The number of unbranched alkanes of at least 4 members (excludes halogenated alkanes) is 1. The normalized spacial score (nSPS) is 15.2. The molecule has 1 fully saturated rings. The molecule has 8 heteroatoms. The van der Waals surface area contributed by atoms with Crippen LogP contribution in [0.3, 0.4) is 0 Å². The summed E-state index contributed by atoms with van der Waals surface area (Å²) in [6, 6.07) is 5.92. The molecule has 1 saturated heterocycles. The quantitative estimate of drug-likeness (QED) is 0.294. The lowest BCUT2D eigenvalue weighted by Crippen LogP contribution is -2.43. The van der Waals surface area contributed by atoms with Gasteiger partial charge < -0.3 is 15.5 Å². The van der Waals surface area contributed by atoms with Gasteiger partial charge in [-0.05, 0) is 68.3 Å². The van der Waals surface area contributed by atoms with E-state index >= 15 is 0 Å². The first-order chi connectivity index (χ1) is 15.8. The maximum atomic E-state index is 12.3. The number of carbonyl (C=O) groups excluding carboxylic acids is 1. The van der Waals surface area contributed by atoms with Gasteiger partial charge in [0.2, 0.25) is 5.96 Å². The molecule has 0 aromatic heterocycles. The Hall–Kier alpha value is -2.48. The van der Waals surface area contributed by atoms with Gasteiger partial charge in [-0.25, -0.2) is 9.79 Å². The Morgan fingerprint density at radius 1 is 1.30 bits per heavy atom. The van der Waals surface area contributed by atoms with Crippen LogP contribution in [-0.4, -0.2) is 54.9 Å². The van der Waals surface area contributed by atoms with E-state index in [2.05, 4.69) is 64.6 Å². The molecule has 0 spiro atoms. The Kier molecular flexibility index (Phi) is 11.3. The molecule has 1 aromatic rings. The molecule has 2 rings (SSSR count). The van der Waals surface area contributed by atoms with Gasteiger partial charge in [0.05, 0.1) is 0 Å². The third kappa shape index (κ3) is 9.12.